The average molecular weight is 468 g/mol. The summed E-state index contributed by atoms with van der Waals surface area (Å²) in [5, 5.41) is 12.3. The van der Waals surface area contributed by atoms with Gasteiger partial charge in [-0.25, -0.2) is 9.78 Å². The molecule has 1 aromatic heterocycles. The van der Waals surface area contributed by atoms with E-state index in [1.54, 1.807) is 17.0 Å². The fraction of sp³-hybridized carbons (Fsp3) is 0.500. The number of nitrogens with one attached hydrogen (secondary N) is 1. The van der Waals surface area contributed by atoms with Crippen molar-refractivity contribution < 1.29 is 23.4 Å². The molecule has 1 N–H and O–H groups in total. The summed E-state index contributed by atoms with van der Waals surface area (Å²) in [7, 11) is 0. The van der Waals surface area contributed by atoms with Gasteiger partial charge in [-0.1, -0.05) is 12.1 Å². The SMILES string of the molecule is Cc1cccc(Nc2ncnc(OC3C4COCC3CN(C(=O)OC3(C)CC3)C4)c2F)c1C#N. The molecule has 0 radical (unpaired) electrons. The smallest absolute Gasteiger partial charge is 0.410 e. The number of aromatic nitrogens is 2. The molecule has 34 heavy (non-hydrogen) atoms. The van der Waals surface area contributed by atoms with Crippen molar-refractivity contribution in [3.63, 3.8) is 0 Å². The minimum Gasteiger partial charge on any atom is -0.471 e. The predicted octanol–water partition coefficient (Wildman–Crippen LogP) is 3.55. The van der Waals surface area contributed by atoms with Crippen LogP contribution in [-0.2, 0) is 9.47 Å². The highest BCUT2D eigenvalue weighted by molar-refractivity contribution is 5.69. The third-order valence-electron chi connectivity index (χ3n) is 6.69. The number of amides is 1. The summed E-state index contributed by atoms with van der Waals surface area (Å²) in [5.41, 5.74) is 1.29. The second-order valence-corrected chi connectivity index (χ2v) is 9.44. The van der Waals surface area contributed by atoms with Crippen LogP contribution in [0.2, 0.25) is 0 Å². The van der Waals surface area contributed by atoms with Crippen LogP contribution in [0, 0.1) is 35.9 Å². The quantitative estimate of drug-likeness (QED) is 0.711. The van der Waals surface area contributed by atoms with Crippen LogP contribution in [0.4, 0.5) is 20.7 Å². The van der Waals surface area contributed by atoms with E-state index in [1.165, 1.54) is 6.33 Å². The van der Waals surface area contributed by atoms with E-state index in [9.17, 15) is 10.1 Å². The number of likely N-dealkylation sites (tertiary alicyclic amines) is 1. The Balaban J connectivity index is 1.32. The van der Waals surface area contributed by atoms with Gasteiger partial charge in [-0.3, -0.25) is 0 Å². The van der Waals surface area contributed by atoms with Crippen molar-refractivity contribution in [1.29, 1.82) is 5.26 Å². The number of ether oxygens (including phenoxy) is 3. The molecule has 2 aromatic rings. The van der Waals surface area contributed by atoms with Gasteiger partial charge in [-0.05, 0) is 38.3 Å². The zero-order valence-electron chi connectivity index (χ0n) is 19.1. The number of carbonyl (C=O) groups is 1. The standard InChI is InChI=1S/C24H26FN5O4/c1-14-4-3-5-18(17(14)8-26)29-21-19(25)22(28-13-27-21)33-20-15-9-30(10-16(20)12-32-11-15)23(31)34-24(2)6-7-24/h3-5,13,15-16,20H,6-7,9-12H2,1-2H3,(H,27,28,29). The minimum atomic E-state index is -0.740. The molecule has 1 saturated carbocycles. The number of piperidine rings is 1. The summed E-state index contributed by atoms with van der Waals surface area (Å²) < 4.78 is 32.7. The number of fused-ring (bicyclic) bond motifs is 2. The molecule has 2 saturated heterocycles. The van der Waals surface area contributed by atoms with Crippen molar-refractivity contribution in [2.24, 2.45) is 11.8 Å². The lowest BCUT2D eigenvalue weighted by Crippen LogP contribution is -2.59. The van der Waals surface area contributed by atoms with Gasteiger partial charge in [-0.2, -0.15) is 14.6 Å². The fourth-order valence-electron chi connectivity index (χ4n) is 4.49. The summed E-state index contributed by atoms with van der Waals surface area (Å²) in [5.74, 6) is -1.27. The predicted molar refractivity (Wildman–Crippen MR) is 119 cm³/mol. The Labute approximate surface area is 196 Å². The number of nitrogens with zero attached hydrogens (tertiary/aromatic N) is 4. The molecule has 9 nitrogen and oxygen atoms in total. The van der Waals surface area contributed by atoms with Crippen LogP contribution in [-0.4, -0.2) is 59.0 Å². The largest absolute Gasteiger partial charge is 0.471 e. The lowest BCUT2D eigenvalue weighted by Gasteiger charge is -2.46. The number of hydrogen-bond donors (Lipinski definition) is 1. The van der Waals surface area contributed by atoms with Gasteiger partial charge in [0.2, 0.25) is 5.82 Å². The third-order valence-corrected chi connectivity index (χ3v) is 6.69. The van der Waals surface area contributed by atoms with Crippen molar-refractivity contribution in [1.82, 2.24) is 14.9 Å². The Morgan fingerprint density at radius 2 is 2.03 bits per heavy atom. The summed E-state index contributed by atoms with van der Waals surface area (Å²) in [4.78, 5) is 22.3. The van der Waals surface area contributed by atoms with Crippen molar-refractivity contribution in [2.75, 3.05) is 31.6 Å². The molecule has 178 valence electrons. The number of anilines is 2. The summed E-state index contributed by atoms with van der Waals surface area (Å²) in [6.45, 7) is 5.35. The van der Waals surface area contributed by atoms with Crippen molar-refractivity contribution >= 4 is 17.6 Å². The van der Waals surface area contributed by atoms with Gasteiger partial charge in [0.05, 0.1) is 24.5 Å². The molecule has 3 aliphatic rings. The van der Waals surface area contributed by atoms with Gasteiger partial charge in [-0.15, -0.1) is 0 Å². The third kappa shape index (κ3) is 4.35. The van der Waals surface area contributed by atoms with E-state index in [2.05, 4.69) is 21.4 Å². The molecule has 2 bridgehead atoms. The molecule has 2 aliphatic heterocycles. The van der Waals surface area contributed by atoms with Crippen LogP contribution < -0.4 is 10.1 Å². The first-order valence-corrected chi connectivity index (χ1v) is 11.4. The van der Waals surface area contributed by atoms with E-state index in [0.29, 0.717) is 37.6 Å². The van der Waals surface area contributed by atoms with Gasteiger partial charge in [0.1, 0.15) is 24.1 Å². The molecule has 5 rings (SSSR count). The molecule has 2 atom stereocenters. The highest BCUT2D eigenvalue weighted by Gasteiger charge is 2.47. The number of benzene rings is 1. The summed E-state index contributed by atoms with van der Waals surface area (Å²) in [6.07, 6.45) is 2.31. The molecule has 3 heterocycles. The van der Waals surface area contributed by atoms with Crippen molar-refractivity contribution in [2.45, 2.75) is 38.4 Å². The van der Waals surface area contributed by atoms with E-state index in [1.807, 2.05) is 19.9 Å². The number of halogens is 1. The van der Waals surface area contributed by atoms with Gasteiger partial charge >= 0.3 is 6.09 Å². The first-order chi connectivity index (χ1) is 16.4. The number of rotatable bonds is 5. The second kappa shape index (κ2) is 8.72. The van der Waals surface area contributed by atoms with Crippen LogP contribution >= 0.6 is 0 Å². The van der Waals surface area contributed by atoms with Crippen molar-refractivity contribution in [3.05, 3.63) is 41.5 Å². The van der Waals surface area contributed by atoms with E-state index in [0.717, 1.165) is 18.4 Å². The first kappa shape index (κ1) is 22.3. The summed E-state index contributed by atoms with van der Waals surface area (Å²) >= 11 is 0. The first-order valence-electron chi connectivity index (χ1n) is 11.4. The highest BCUT2D eigenvalue weighted by atomic mass is 19.1. The molecular weight excluding hydrogens is 441 g/mol. The van der Waals surface area contributed by atoms with Gasteiger partial charge in [0, 0.05) is 24.9 Å². The van der Waals surface area contributed by atoms with Crippen LogP contribution in [0.1, 0.15) is 30.9 Å². The van der Waals surface area contributed by atoms with Gasteiger partial charge < -0.3 is 24.4 Å². The van der Waals surface area contributed by atoms with Crippen molar-refractivity contribution in [3.8, 4) is 11.9 Å². The lowest BCUT2D eigenvalue weighted by molar-refractivity contribution is -0.112. The van der Waals surface area contributed by atoms with Gasteiger partial charge in [0.25, 0.3) is 5.88 Å². The maximum atomic E-state index is 15.3. The zero-order chi connectivity index (χ0) is 23.9. The maximum Gasteiger partial charge on any atom is 0.410 e. The van der Waals surface area contributed by atoms with Crippen LogP contribution in [0.15, 0.2) is 24.5 Å². The highest BCUT2D eigenvalue weighted by Crippen LogP contribution is 2.40. The van der Waals surface area contributed by atoms with E-state index in [4.69, 9.17) is 14.2 Å². The molecular formula is C24H26FN5O4. The number of nitriles is 1. The molecule has 0 spiro atoms. The number of aryl methyl sites for hydroxylation is 1. The van der Waals surface area contributed by atoms with E-state index >= 15 is 4.39 Å². The van der Waals surface area contributed by atoms with Crippen LogP contribution in [0.5, 0.6) is 5.88 Å². The molecule has 3 fully saturated rings. The van der Waals surface area contributed by atoms with E-state index < -0.39 is 5.82 Å². The molecule has 10 heteroatoms. The fourth-order valence-corrected chi connectivity index (χ4v) is 4.49. The normalized spacial score (nSPS) is 24.6. The summed E-state index contributed by atoms with van der Waals surface area (Å²) in [6, 6.07) is 7.40. The minimum absolute atomic E-state index is 0.0767. The Kier molecular flexibility index (Phi) is 5.73. The maximum absolute atomic E-state index is 15.3. The molecule has 1 aromatic carbocycles. The Hall–Kier alpha value is -3.45. The van der Waals surface area contributed by atoms with Gasteiger partial charge in [0.15, 0.2) is 5.82 Å². The Morgan fingerprint density at radius 1 is 1.29 bits per heavy atom. The van der Waals surface area contributed by atoms with Crippen LogP contribution in [0.25, 0.3) is 0 Å². The number of hydrogen-bond acceptors (Lipinski definition) is 8. The average Bonchev–Trinajstić information content (AvgIpc) is 3.52. The molecule has 1 aliphatic carbocycles. The topological polar surface area (TPSA) is 110 Å². The Morgan fingerprint density at radius 3 is 2.71 bits per heavy atom. The zero-order valence-corrected chi connectivity index (χ0v) is 19.1. The monoisotopic (exact) mass is 467 g/mol. The van der Waals surface area contributed by atoms with E-state index in [-0.39, 0.29) is 41.3 Å². The number of carbonyl (C=O) groups excluding carboxylic acids is 1. The molecule has 2 unspecified atom stereocenters. The Bertz CT molecular complexity index is 1130. The second-order valence-electron chi connectivity index (χ2n) is 9.44. The molecule has 1 amide bonds. The lowest BCUT2D eigenvalue weighted by atomic mass is 9.84. The van der Waals surface area contributed by atoms with Crippen LogP contribution in [0.3, 0.4) is 0 Å².